The maximum Gasteiger partial charge on any atom is 0.508 e. The number of carbonyl (C=O) groups is 2. The highest BCUT2D eigenvalue weighted by Gasteiger charge is 2.42. The van der Waals surface area contributed by atoms with E-state index in [2.05, 4.69) is 41.3 Å². The van der Waals surface area contributed by atoms with Gasteiger partial charge in [-0.05, 0) is 73.9 Å². The van der Waals surface area contributed by atoms with Crippen LogP contribution in [0, 0.1) is 20.2 Å². The molecule has 0 radical (unpaired) electrons. The predicted octanol–water partition coefficient (Wildman–Crippen LogP) is 4.59. The van der Waals surface area contributed by atoms with Gasteiger partial charge < -0.3 is 52.6 Å². The molecule has 0 spiro atoms. The Morgan fingerprint density at radius 1 is 0.934 bits per heavy atom. The molecular formula is C38H52N8O15. The Balaban J connectivity index is 1.37. The molecule has 0 saturated carbocycles. The van der Waals surface area contributed by atoms with Gasteiger partial charge in [0, 0.05) is 38.6 Å². The second-order valence-corrected chi connectivity index (χ2v) is 14.1. The van der Waals surface area contributed by atoms with Crippen molar-refractivity contribution in [2.24, 2.45) is 0 Å². The molecule has 0 bridgehead atoms. The van der Waals surface area contributed by atoms with Gasteiger partial charge in [0.05, 0.1) is 65.0 Å². The first-order chi connectivity index (χ1) is 29.6. The maximum atomic E-state index is 14.0. The normalized spacial score (nSPS) is 17.6. The van der Waals surface area contributed by atoms with Crippen molar-refractivity contribution in [2.45, 2.75) is 75.7 Å². The molecule has 1 fully saturated rings. The quantitative estimate of drug-likeness (QED) is 0.0528. The summed E-state index contributed by atoms with van der Waals surface area (Å²) in [7, 11) is 3.25. The van der Waals surface area contributed by atoms with E-state index in [0.29, 0.717) is 31.8 Å². The van der Waals surface area contributed by atoms with Crippen molar-refractivity contribution < 1.29 is 62.6 Å². The number of unbranched alkanes of at least 4 members (excludes halogenated alkanes) is 2. The van der Waals surface area contributed by atoms with Crippen molar-refractivity contribution >= 4 is 17.9 Å². The number of fused-ring (bicyclic) bond motifs is 1. The monoisotopic (exact) mass is 860 g/mol. The second-order valence-electron chi connectivity index (χ2n) is 14.1. The molecule has 3 aromatic rings. The lowest BCUT2D eigenvalue weighted by atomic mass is 9.81. The summed E-state index contributed by atoms with van der Waals surface area (Å²) in [6.45, 7) is 2.56. The van der Waals surface area contributed by atoms with Crippen LogP contribution in [0.2, 0.25) is 0 Å². The summed E-state index contributed by atoms with van der Waals surface area (Å²) in [5.74, 6) is 1.18. The van der Waals surface area contributed by atoms with Crippen LogP contribution in [0.3, 0.4) is 0 Å². The Hall–Kier alpha value is -6.23. The van der Waals surface area contributed by atoms with Crippen LogP contribution in [0.1, 0.15) is 73.9 Å². The van der Waals surface area contributed by atoms with Crippen LogP contribution >= 0.6 is 0 Å². The Morgan fingerprint density at radius 2 is 1.66 bits per heavy atom. The first-order valence-corrected chi connectivity index (χ1v) is 19.9. The average Bonchev–Trinajstić information content (AvgIpc) is 3.80. The molecule has 1 amide bonds. The first kappa shape index (κ1) is 45.8. The number of aromatic amines is 1. The molecule has 4 unspecified atom stereocenters. The number of benzene rings is 2. The van der Waals surface area contributed by atoms with Gasteiger partial charge in [0.2, 0.25) is 5.82 Å². The molecule has 2 aromatic carbocycles. The molecule has 23 heteroatoms. The number of methoxy groups -OCH3 is 2. The first-order valence-electron chi connectivity index (χ1n) is 19.9. The molecule has 2 aliphatic rings. The Morgan fingerprint density at radius 3 is 2.33 bits per heavy atom. The van der Waals surface area contributed by atoms with Gasteiger partial charge in [-0.1, -0.05) is 23.4 Å². The van der Waals surface area contributed by atoms with Gasteiger partial charge in [-0.3, -0.25) is 0 Å². The average molecular weight is 861 g/mol. The molecule has 0 aliphatic carbocycles. The van der Waals surface area contributed by atoms with Gasteiger partial charge in [-0.2, -0.15) is 5.21 Å². The summed E-state index contributed by atoms with van der Waals surface area (Å²) in [5.41, 5.74) is 2.77. The van der Waals surface area contributed by atoms with Gasteiger partial charge in [-0.25, -0.2) is 9.59 Å². The minimum Gasteiger partial charge on any atom is -0.497 e. The Bertz CT molecular complexity index is 1820. The zero-order valence-corrected chi connectivity index (χ0v) is 34.1. The topological polar surface area (TPSA) is 264 Å². The Labute approximate surface area is 351 Å². The summed E-state index contributed by atoms with van der Waals surface area (Å²) in [6.07, 6.45) is -1.14. The lowest BCUT2D eigenvalue weighted by Crippen LogP contribution is -2.53. The summed E-state index contributed by atoms with van der Waals surface area (Å²) in [5, 5.41) is 33.3. The van der Waals surface area contributed by atoms with E-state index in [4.69, 9.17) is 33.2 Å². The highest BCUT2D eigenvalue weighted by atomic mass is 17.0. The molecule has 4 atom stereocenters. The number of anilines is 1. The lowest BCUT2D eigenvalue weighted by molar-refractivity contribution is -0.757. The Kier molecular flexibility index (Phi) is 18.1. The third kappa shape index (κ3) is 14.5. The summed E-state index contributed by atoms with van der Waals surface area (Å²) in [6, 6.07) is 12.9. The highest BCUT2D eigenvalue weighted by molar-refractivity contribution is 5.68. The molecule has 1 aromatic heterocycles. The number of H-pyrrole nitrogens is 1. The lowest BCUT2D eigenvalue weighted by Gasteiger charge is -2.44. The number of likely N-dealkylation sites (tertiary alicyclic amines) is 1. The van der Waals surface area contributed by atoms with Gasteiger partial charge in [0.25, 0.3) is 10.2 Å². The fourth-order valence-electron chi connectivity index (χ4n) is 7.10. The number of nitrogens with one attached hydrogen (secondary N) is 1. The third-order valence-corrected chi connectivity index (χ3v) is 10.1. The number of carbonyl (C=O) groups excluding carboxylic acids is 2. The van der Waals surface area contributed by atoms with E-state index in [1.165, 1.54) is 4.90 Å². The van der Waals surface area contributed by atoms with Crippen LogP contribution < -0.4 is 14.4 Å². The standard InChI is InChI=1S/C38H52N8O15/c1-53-16-7-14-43-15-21-55-33-13-8-27(22-32(33)43)26-58-35-25-44(37(47)56-17-3-5-19-59-45(49)50)29(23-31(35)28-9-11-30(54-2)12-10-28)24-34(36-39-41-42-40-36)61-38(48)57-18-4-6-20-60-46(51)52/h8-13,22,29,31,34-35H,3-7,14-21,23-26H2,1-2H3,(H,39,40,41,42). The van der Waals surface area contributed by atoms with Crippen molar-refractivity contribution in [3.8, 4) is 11.5 Å². The van der Waals surface area contributed by atoms with Crippen LogP contribution in [0.5, 0.6) is 11.5 Å². The zero-order chi connectivity index (χ0) is 43.4. The van der Waals surface area contributed by atoms with E-state index < -0.39 is 40.7 Å². The number of nitrogens with zero attached hydrogens (tertiary/aromatic N) is 7. The van der Waals surface area contributed by atoms with Crippen LogP contribution in [-0.4, -0.2) is 134 Å². The smallest absolute Gasteiger partial charge is 0.497 e. The second kappa shape index (κ2) is 24.1. The molecule has 3 heterocycles. The zero-order valence-electron chi connectivity index (χ0n) is 34.1. The largest absolute Gasteiger partial charge is 0.508 e. The minimum atomic E-state index is -1.14. The fraction of sp³-hybridized carbons (Fsp3) is 0.605. The molecule has 5 rings (SSSR count). The van der Waals surface area contributed by atoms with E-state index >= 15 is 0 Å². The molecule has 2 aliphatic heterocycles. The predicted molar refractivity (Wildman–Crippen MR) is 210 cm³/mol. The van der Waals surface area contributed by atoms with Crippen molar-refractivity contribution in [1.82, 2.24) is 25.5 Å². The van der Waals surface area contributed by atoms with E-state index in [1.807, 2.05) is 36.4 Å². The molecule has 61 heavy (non-hydrogen) atoms. The highest BCUT2D eigenvalue weighted by Crippen LogP contribution is 2.39. The van der Waals surface area contributed by atoms with Crippen LogP contribution in [0.25, 0.3) is 0 Å². The number of ether oxygens (including phenoxy) is 7. The molecule has 1 saturated heterocycles. The van der Waals surface area contributed by atoms with E-state index in [1.54, 1.807) is 14.2 Å². The minimum absolute atomic E-state index is 0.000184. The number of rotatable bonds is 25. The molecule has 23 nitrogen and oxygen atoms in total. The fourth-order valence-corrected chi connectivity index (χ4v) is 7.10. The van der Waals surface area contributed by atoms with Gasteiger partial charge in [-0.15, -0.1) is 30.4 Å². The number of amides is 1. The van der Waals surface area contributed by atoms with Crippen molar-refractivity contribution in [2.75, 3.05) is 78.4 Å². The van der Waals surface area contributed by atoms with E-state index in [0.717, 1.165) is 42.1 Å². The number of hydrogen-bond donors (Lipinski definition) is 1. The number of aromatic nitrogens is 4. The van der Waals surface area contributed by atoms with Crippen molar-refractivity contribution in [1.29, 1.82) is 0 Å². The summed E-state index contributed by atoms with van der Waals surface area (Å²) >= 11 is 0. The van der Waals surface area contributed by atoms with Crippen LogP contribution in [-0.2, 0) is 40.0 Å². The SMILES string of the molecule is COCCCN1CCOc2ccc(COC3CN(C(=O)OCCCCO[N+](=O)[O-])C(CC(OC(=O)OCCCCO[N+](=O)[O-])c4nn[nH]n4)CC3c3ccc(OC)cc3)cc21. The maximum absolute atomic E-state index is 14.0. The molecular weight excluding hydrogens is 808 g/mol. The summed E-state index contributed by atoms with van der Waals surface area (Å²) < 4.78 is 40.0. The molecule has 1 N–H and O–H groups in total. The van der Waals surface area contributed by atoms with E-state index in [9.17, 15) is 29.8 Å². The van der Waals surface area contributed by atoms with Crippen molar-refractivity contribution in [3.05, 3.63) is 79.6 Å². The molecule has 334 valence electrons. The van der Waals surface area contributed by atoms with E-state index in [-0.39, 0.29) is 77.0 Å². The van der Waals surface area contributed by atoms with Gasteiger partial charge in [0.1, 0.15) is 18.1 Å². The van der Waals surface area contributed by atoms with Gasteiger partial charge in [0.15, 0.2) is 6.10 Å². The van der Waals surface area contributed by atoms with Crippen LogP contribution in [0.15, 0.2) is 42.5 Å². The van der Waals surface area contributed by atoms with Crippen molar-refractivity contribution in [3.63, 3.8) is 0 Å². The number of hydrogen-bond acceptors (Lipinski definition) is 19. The third-order valence-electron chi connectivity index (χ3n) is 10.1. The number of piperidine rings is 1. The van der Waals surface area contributed by atoms with Gasteiger partial charge >= 0.3 is 12.2 Å². The van der Waals surface area contributed by atoms with Crippen LogP contribution in [0.4, 0.5) is 15.3 Å². The number of tetrazole rings is 1. The summed E-state index contributed by atoms with van der Waals surface area (Å²) in [4.78, 5) is 60.4.